The van der Waals surface area contributed by atoms with Gasteiger partial charge in [-0.25, -0.2) is 0 Å². The summed E-state index contributed by atoms with van der Waals surface area (Å²) in [7, 11) is 0. The quantitative estimate of drug-likeness (QED) is 0.622. The Labute approximate surface area is 109 Å². The average Bonchev–Trinajstić information content (AvgIpc) is 2.66. The summed E-state index contributed by atoms with van der Waals surface area (Å²) in [6.45, 7) is 1.88. The van der Waals surface area contributed by atoms with E-state index in [9.17, 15) is 15.3 Å². The van der Waals surface area contributed by atoms with Crippen LogP contribution in [-0.4, -0.2) is 15.3 Å². The van der Waals surface area contributed by atoms with Gasteiger partial charge >= 0.3 is 0 Å². The number of hydrogen-bond donors (Lipinski definition) is 3. The number of benzene rings is 2. The van der Waals surface area contributed by atoms with Gasteiger partial charge in [0.1, 0.15) is 28.6 Å². The van der Waals surface area contributed by atoms with Gasteiger partial charge in [0.25, 0.3) is 0 Å². The predicted molar refractivity (Wildman–Crippen MR) is 71.4 cm³/mol. The molecule has 19 heavy (non-hydrogen) atoms. The van der Waals surface area contributed by atoms with Gasteiger partial charge in [0.05, 0.1) is 5.56 Å². The van der Waals surface area contributed by atoms with Crippen LogP contribution >= 0.6 is 0 Å². The van der Waals surface area contributed by atoms with Crippen molar-refractivity contribution in [1.29, 1.82) is 0 Å². The zero-order valence-electron chi connectivity index (χ0n) is 10.2. The predicted octanol–water partition coefficient (Wildman–Crippen LogP) is 3.53. The second-order valence-electron chi connectivity index (χ2n) is 4.44. The maximum atomic E-state index is 9.88. The summed E-state index contributed by atoms with van der Waals surface area (Å²) in [6, 6.07) is 9.23. The number of fused-ring (bicyclic) bond motifs is 1. The summed E-state index contributed by atoms with van der Waals surface area (Å²) < 4.78 is 5.68. The molecule has 0 radical (unpaired) electrons. The molecule has 1 aromatic heterocycles. The molecule has 3 aromatic rings. The minimum absolute atomic E-state index is 0.00680. The van der Waals surface area contributed by atoms with Crippen molar-refractivity contribution in [3.05, 3.63) is 42.0 Å². The van der Waals surface area contributed by atoms with E-state index in [0.29, 0.717) is 16.9 Å². The smallest absolute Gasteiger partial charge is 0.142 e. The molecule has 0 aliphatic rings. The van der Waals surface area contributed by atoms with Gasteiger partial charge in [0.15, 0.2) is 0 Å². The van der Waals surface area contributed by atoms with Gasteiger partial charge < -0.3 is 19.7 Å². The number of aromatic hydroxyl groups is 3. The van der Waals surface area contributed by atoms with Crippen molar-refractivity contribution >= 4 is 11.0 Å². The Morgan fingerprint density at radius 3 is 2.32 bits per heavy atom. The van der Waals surface area contributed by atoms with E-state index in [1.54, 1.807) is 18.2 Å². The summed E-state index contributed by atoms with van der Waals surface area (Å²) >= 11 is 0. The van der Waals surface area contributed by atoms with E-state index in [0.717, 1.165) is 10.9 Å². The molecule has 0 saturated heterocycles. The molecule has 3 rings (SSSR count). The zero-order valence-corrected chi connectivity index (χ0v) is 10.2. The van der Waals surface area contributed by atoms with E-state index in [1.165, 1.54) is 18.2 Å². The van der Waals surface area contributed by atoms with E-state index < -0.39 is 0 Å². The molecule has 0 unspecified atom stereocenters. The number of rotatable bonds is 1. The molecule has 96 valence electrons. The fourth-order valence-corrected chi connectivity index (χ4v) is 2.18. The number of hydrogen-bond acceptors (Lipinski definition) is 4. The molecule has 3 N–H and O–H groups in total. The minimum Gasteiger partial charge on any atom is -0.508 e. The molecule has 4 nitrogen and oxygen atoms in total. The van der Waals surface area contributed by atoms with Gasteiger partial charge in [0, 0.05) is 23.1 Å². The van der Waals surface area contributed by atoms with Crippen molar-refractivity contribution in [2.24, 2.45) is 0 Å². The Morgan fingerprint density at radius 1 is 0.895 bits per heavy atom. The molecular weight excluding hydrogens is 244 g/mol. The SMILES string of the molecule is Cc1c(-c2ccc(O)cc2O)oc2cc(O)ccc12. The summed E-state index contributed by atoms with van der Waals surface area (Å²) in [5.41, 5.74) is 1.93. The van der Waals surface area contributed by atoms with Gasteiger partial charge in [-0.15, -0.1) is 0 Å². The first-order valence-corrected chi connectivity index (χ1v) is 5.81. The highest BCUT2D eigenvalue weighted by atomic mass is 16.3. The van der Waals surface area contributed by atoms with Crippen molar-refractivity contribution in [3.8, 4) is 28.6 Å². The van der Waals surface area contributed by atoms with Crippen molar-refractivity contribution in [3.63, 3.8) is 0 Å². The first-order valence-electron chi connectivity index (χ1n) is 5.81. The van der Waals surface area contributed by atoms with E-state index in [2.05, 4.69) is 0 Å². The Balaban J connectivity index is 2.27. The van der Waals surface area contributed by atoms with Crippen molar-refractivity contribution in [2.75, 3.05) is 0 Å². The standard InChI is InChI=1S/C15H12O4/c1-8-11-4-2-10(17)7-14(11)19-15(8)12-5-3-9(16)6-13(12)18/h2-7,16-18H,1H3. The third kappa shape index (κ3) is 1.78. The molecule has 0 spiro atoms. The Bertz CT molecular complexity index is 771. The highest BCUT2D eigenvalue weighted by molar-refractivity contribution is 5.89. The largest absolute Gasteiger partial charge is 0.508 e. The third-order valence-corrected chi connectivity index (χ3v) is 3.15. The topological polar surface area (TPSA) is 73.8 Å². The Morgan fingerprint density at radius 2 is 1.58 bits per heavy atom. The van der Waals surface area contributed by atoms with Crippen LogP contribution in [0.15, 0.2) is 40.8 Å². The lowest BCUT2D eigenvalue weighted by atomic mass is 10.1. The normalized spacial score (nSPS) is 11.0. The van der Waals surface area contributed by atoms with Gasteiger partial charge in [0.2, 0.25) is 0 Å². The first kappa shape index (κ1) is 11.5. The van der Waals surface area contributed by atoms with E-state index in [-0.39, 0.29) is 17.2 Å². The average molecular weight is 256 g/mol. The summed E-state index contributed by atoms with van der Waals surface area (Å²) in [5, 5.41) is 29.5. The highest BCUT2D eigenvalue weighted by Crippen LogP contribution is 2.39. The van der Waals surface area contributed by atoms with Gasteiger partial charge in [-0.1, -0.05) is 0 Å². The second-order valence-corrected chi connectivity index (χ2v) is 4.44. The first-order chi connectivity index (χ1) is 9.06. The summed E-state index contributed by atoms with van der Waals surface area (Å²) in [5.74, 6) is 0.597. The molecule has 2 aromatic carbocycles. The van der Waals surface area contributed by atoms with E-state index >= 15 is 0 Å². The molecule has 4 heteroatoms. The van der Waals surface area contributed by atoms with Crippen LogP contribution in [0.25, 0.3) is 22.3 Å². The lowest BCUT2D eigenvalue weighted by Crippen LogP contribution is -1.79. The fraction of sp³-hybridized carbons (Fsp3) is 0.0667. The Kier molecular flexibility index (Phi) is 2.38. The molecule has 1 heterocycles. The number of phenols is 3. The molecule has 0 saturated carbocycles. The van der Waals surface area contributed by atoms with Crippen LogP contribution in [0.5, 0.6) is 17.2 Å². The molecule has 0 bridgehead atoms. The van der Waals surface area contributed by atoms with Crippen molar-refractivity contribution < 1.29 is 19.7 Å². The third-order valence-electron chi connectivity index (χ3n) is 3.15. The molecule has 0 aliphatic carbocycles. The van der Waals surface area contributed by atoms with Crippen LogP contribution in [0.4, 0.5) is 0 Å². The van der Waals surface area contributed by atoms with Crippen molar-refractivity contribution in [1.82, 2.24) is 0 Å². The van der Waals surface area contributed by atoms with Gasteiger partial charge in [-0.05, 0) is 31.2 Å². The molecule has 0 fully saturated rings. The summed E-state index contributed by atoms with van der Waals surface area (Å²) in [6.07, 6.45) is 0. The lowest BCUT2D eigenvalue weighted by molar-refractivity contribution is 0.450. The number of phenolic OH excluding ortho intramolecular Hbond substituents is 3. The van der Waals surface area contributed by atoms with Crippen LogP contribution in [0, 0.1) is 6.92 Å². The lowest BCUT2D eigenvalue weighted by Gasteiger charge is -2.02. The Hall–Kier alpha value is -2.62. The maximum Gasteiger partial charge on any atom is 0.142 e. The molecule has 0 amide bonds. The van der Waals surface area contributed by atoms with Crippen LogP contribution in [-0.2, 0) is 0 Å². The van der Waals surface area contributed by atoms with Crippen LogP contribution < -0.4 is 0 Å². The van der Waals surface area contributed by atoms with Crippen LogP contribution in [0.2, 0.25) is 0 Å². The summed E-state index contributed by atoms with van der Waals surface area (Å²) in [4.78, 5) is 0. The highest BCUT2D eigenvalue weighted by Gasteiger charge is 2.16. The molecular formula is C15H12O4. The zero-order chi connectivity index (χ0) is 13.6. The van der Waals surface area contributed by atoms with Crippen LogP contribution in [0.1, 0.15) is 5.56 Å². The van der Waals surface area contributed by atoms with Gasteiger partial charge in [-0.2, -0.15) is 0 Å². The number of aryl methyl sites for hydroxylation is 1. The van der Waals surface area contributed by atoms with Crippen molar-refractivity contribution in [2.45, 2.75) is 6.92 Å². The fourth-order valence-electron chi connectivity index (χ4n) is 2.18. The minimum atomic E-state index is -0.0496. The second kappa shape index (κ2) is 3.95. The molecule has 0 atom stereocenters. The van der Waals surface area contributed by atoms with Crippen LogP contribution in [0.3, 0.4) is 0 Å². The number of furan rings is 1. The monoisotopic (exact) mass is 256 g/mol. The maximum absolute atomic E-state index is 9.88. The van der Waals surface area contributed by atoms with E-state index in [4.69, 9.17) is 4.42 Å². The molecule has 0 aliphatic heterocycles. The van der Waals surface area contributed by atoms with Gasteiger partial charge in [-0.3, -0.25) is 0 Å². The van der Waals surface area contributed by atoms with E-state index in [1.807, 2.05) is 6.92 Å².